The number of hydrogen-bond acceptors (Lipinski definition) is 2. The summed E-state index contributed by atoms with van der Waals surface area (Å²) in [5.74, 6) is -1.35. The Morgan fingerprint density at radius 3 is 2.37 bits per heavy atom. The van der Waals surface area contributed by atoms with Crippen LogP contribution < -0.4 is 4.90 Å². The van der Waals surface area contributed by atoms with E-state index in [4.69, 9.17) is 5.11 Å². The molecule has 0 spiro atoms. The van der Waals surface area contributed by atoms with E-state index in [0.29, 0.717) is 24.8 Å². The van der Waals surface area contributed by atoms with E-state index in [-0.39, 0.29) is 5.56 Å². The monoisotopic (exact) mass is 275 g/mol. The summed E-state index contributed by atoms with van der Waals surface area (Å²) in [5.41, 5.74) is -0.934. The van der Waals surface area contributed by atoms with Crippen molar-refractivity contribution in [3.8, 4) is 0 Å². The summed E-state index contributed by atoms with van der Waals surface area (Å²) in [5, 5.41) is 9.07. The van der Waals surface area contributed by atoms with Crippen molar-refractivity contribution in [2.75, 3.05) is 18.0 Å². The fraction of sp³-hybridized carbons (Fsp3) is 0.462. The van der Waals surface area contributed by atoms with E-state index in [1.165, 1.54) is 6.07 Å². The second-order valence-electron chi connectivity index (χ2n) is 4.11. The Bertz CT molecular complexity index is 458. The summed E-state index contributed by atoms with van der Waals surface area (Å²) >= 11 is 0. The lowest BCUT2D eigenvalue weighted by Gasteiger charge is -2.24. The predicted octanol–water partition coefficient (Wildman–Crippen LogP) is 3.64. The Morgan fingerprint density at radius 1 is 1.32 bits per heavy atom. The third kappa shape index (κ3) is 3.62. The number of carboxylic acids is 1. The largest absolute Gasteiger partial charge is 0.478 e. The normalized spacial score (nSPS) is 11.4. The molecule has 0 atom stereocenters. The van der Waals surface area contributed by atoms with Gasteiger partial charge >= 0.3 is 12.1 Å². The minimum absolute atomic E-state index is 0.315. The quantitative estimate of drug-likeness (QED) is 0.891. The van der Waals surface area contributed by atoms with E-state index < -0.39 is 17.7 Å². The molecule has 1 aromatic carbocycles. The maximum atomic E-state index is 12.6. The van der Waals surface area contributed by atoms with E-state index in [1.54, 1.807) is 4.90 Å². The molecule has 0 unspecified atom stereocenters. The van der Waals surface area contributed by atoms with Gasteiger partial charge in [-0.25, -0.2) is 4.79 Å². The zero-order valence-corrected chi connectivity index (χ0v) is 10.8. The molecule has 0 radical (unpaired) electrons. The lowest BCUT2D eigenvalue weighted by atomic mass is 10.1. The van der Waals surface area contributed by atoms with Gasteiger partial charge in [-0.15, -0.1) is 0 Å². The molecule has 3 nitrogen and oxygen atoms in total. The smallest absolute Gasteiger partial charge is 0.416 e. The van der Waals surface area contributed by atoms with Gasteiger partial charge in [0.2, 0.25) is 0 Å². The summed E-state index contributed by atoms with van der Waals surface area (Å²) < 4.78 is 37.8. The van der Waals surface area contributed by atoms with E-state index >= 15 is 0 Å². The van der Waals surface area contributed by atoms with Crippen LogP contribution >= 0.6 is 0 Å². The molecule has 0 amide bonds. The van der Waals surface area contributed by atoms with Gasteiger partial charge in [0.05, 0.1) is 16.8 Å². The van der Waals surface area contributed by atoms with Crippen molar-refractivity contribution in [1.29, 1.82) is 0 Å². The van der Waals surface area contributed by atoms with Gasteiger partial charge in [-0.2, -0.15) is 13.2 Å². The van der Waals surface area contributed by atoms with E-state index in [1.807, 2.05) is 13.8 Å². The number of rotatable bonds is 5. The Balaban J connectivity index is 3.29. The maximum absolute atomic E-state index is 12.6. The predicted molar refractivity (Wildman–Crippen MR) is 66.6 cm³/mol. The van der Waals surface area contributed by atoms with Crippen LogP contribution in [0.2, 0.25) is 0 Å². The standard InChI is InChI=1S/C13H16F3NO2/c1-3-7-17(4-2)11-6-5-9(13(14,15)16)8-10(11)12(18)19/h5-6,8H,3-4,7H2,1-2H3,(H,18,19). The highest BCUT2D eigenvalue weighted by atomic mass is 19.4. The fourth-order valence-corrected chi connectivity index (χ4v) is 1.88. The van der Waals surface area contributed by atoms with Gasteiger partial charge in [-0.1, -0.05) is 6.92 Å². The minimum Gasteiger partial charge on any atom is -0.478 e. The molecule has 0 bridgehead atoms. The molecular formula is C13H16F3NO2. The molecule has 1 rings (SSSR count). The van der Waals surface area contributed by atoms with Crippen LogP contribution in [-0.2, 0) is 6.18 Å². The molecule has 0 aliphatic carbocycles. The van der Waals surface area contributed by atoms with Crippen LogP contribution in [0.4, 0.5) is 18.9 Å². The number of nitrogens with zero attached hydrogens (tertiary/aromatic N) is 1. The summed E-state index contributed by atoms with van der Waals surface area (Å²) in [6.07, 6.45) is -3.75. The number of benzene rings is 1. The molecule has 0 aliphatic heterocycles. The molecule has 1 aromatic rings. The lowest BCUT2D eigenvalue weighted by Crippen LogP contribution is -2.26. The summed E-state index contributed by atoms with van der Waals surface area (Å²) in [7, 11) is 0. The highest BCUT2D eigenvalue weighted by molar-refractivity contribution is 5.94. The second-order valence-corrected chi connectivity index (χ2v) is 4.11. The van der Waals surface area contributed by atoms with Crippen LogP contribution in [-0.4, -0.2) is 24.2 Å². The van der Waals surface area contributed by atoms with Crippen LogP contribution in [0.15, 0.2) is 18.2 Å². The zero-order chi connectivity index (χ0) is 14.6. The molecule has 0 aliphatic rings. The van der Waals surface area contributed by atoms with Crippen molar-refractivity contribution in [2.45, 2.75) is 26.4 Å². The van der Waals surface area contributed by atoms with Gasteiger partial charge in [0.25, 0.3) is 0 Å². The molecule has 106 valence electrons. The maximum Gasteiger partial charge on any atom is 0.416 e. The highest BCUT2D eigenvalue weighted by Gasteiger charge is 2.32. The van der Waals surface area contributed by atoms with E-state index in [2.05, 4.69) is 0 Å². The number of hydrogen-bond donors (Lipinski definition) is 1. The second kappa shape index (κ2) is 5.95. The Hall–Kier alpha value is -1.72. The van der Waals surface area contributed by atoms with E-state index in [9.17, 15) is 18.0 Å². The number of carbonyl (C=O) groups is 1. The Kier molecular flexibility index (Phi) is 4.80. The van der Waals surface area contributed by atoms with Crippen LogP contribution in [0.5, 0.6) is 0 Å². The van der Waals surface area contributed by atoms with Crippen molar-refractivity contribution in [3.63, 3.8) is 0 Å². The average molecular weight is 275 g/mol. The van der Waals surface area contributed by atoms with Gasteiger partial charge in [0.1, 0.15) is 0 Å². The van der Waals surface area contributed by atoms with Gasteiger partial charge in [0, 0.05) is 13.1 Å². The van der Waals surface area contributed by atoms with Crippen molar-refractivity contribution in [2.24, 2.45) is 0 Å². The first-order valence-corrected chi connectivity index (χ1v) is 6.00. The molecule has 6 heteroatoms. The molecule has 0 heterocycles. The minimum atomic E-state index is -4.54. The molecule has 0 saturated carbocycles. The number of carboxylic acid groups (broad SMARTS) is 1. The van der Waals surface area contributed by atoms with Crippen LogP contribution in [0.25, 0.3) is 0 Å². The third-order valence-electron chi connectivity index (χ3n) is 2.77. The van der Waals surface area contributed by atoms with Crippen LogP contribution in [0, 0.1) is 0 Å². The Labute approximate surface area is 109 Å². The van der Waals surface area contributed by atoms with Crippen molar-refractivity contribution in [1.82, 2.24) is 0 Å². The first-order chi connectivity index (χ1) is 8.81. The average Bonchev–Trinajstić information content (AvgIpc) is 2.34. The molecule has 1 N–H and O–H groups in total. The molecule has 0 aromatic heterocycles. The molecule has 0 fully saturated rings. The summed E-state index contributed by atoms with van der Waals surface area (Å²) in [6.45, 7) is 4.90. The first kappa shape index (κ1) is 15.3. The molecule has 19 heavy (non-hydrogen) atoms. The lowest BCUT2D eigenvalue weighted by molar-refractivity contribution is -0.137. The van der Waals surface area contributed by atoms with Crippen LogP contribution in [0.1, 0.15) is 36.2 Å². The van der Waals surface area contributed by atoms with Crippen LogP contribution in [0.3, 0.4) is 0 Å². The fourth-order valence-electron chi connectivity index (χ4n) is 1.88. The number of halogens is 3. The highest BCUT2D eigenvalue weighted by Crippen LogP contribution is 2.33. The topological polar surface area (TPSA) is 40.5 Å². The summed E-state index contributed by atoms with van der Waals surface area (Å²) in [6, 6.07) is 2.83. The number of aromatic carboxylic acids is 1. The van der Waals surface area contributed by atoms with Crippen molar-refractivity contribution < 1.29 is 23.1 Å². The van der Waals surface area contributed by atoms with Gasteiger partial charge in [0.15, 0.2) is 0 Å². The molecule has 0 saturated heterocycles. The molecular weight excluding hydrogens is 259 g/mol. The van der Waals surface area contributed by atoms with E-state index in [0.717, 1.165) is 12.5 Å². The number of anilines is 1. The first-order valence-electron chi connectivity index (χ1n) is 6.00. The van der Waals surface area contributed by atoms with Gasteiger partial charge in [-0.05, 0) is 31.5 Å². The SMILES string of the molecule is CCCN(CC)c1ccc(C(F)(F)F)cc1C(=O)O. The third-order valence-corrected chi connectivity index (χ3v) is 2.77. The van der Waals surface area contributed by atoms with Crippen molar-refractivity contribution >= 4 is 11.7 Å². The number of alkyl halides is 3. The van der Waals surface area contributed by atoms with Gasteiger partial charge < -0.3 is 10.0 Å². The van der Waals surface area contributed by atoms with Gasteiger partial charge in [-0.3, -0.25) is 0 Å². The van der Waals surface area contributed by atoms with Crippen molar-refractivity contribution in [3.05, 3.63) is 29.3 Å². The zero-order valence-electron chi connectivity index (χ0n) is 10.8. The Morgan fingerprint density at radius 2 is 1.95 bits per heavy atom. The summed E-state index contributed by atoms with van der Waals surface area (Å²) in [4.78, 5) is 12.9.